The summed E-state index contributed by atoms with van der Waals surface area (Å²) >= 11 is 2.21. The topological polar surface area (TPSA) is 29.5 Å². The Kier molecular flexibility index (Phi) is 3.81. The van der Waals surface area contributed by atoms with Crippen LogP contribution in [0.15, 0.2) is 18.2 Å². The van der Waals surface area contributed by atoms with Crippen LogP contribution in [0, 0.1) is 3.57 Å². The second kappa shape index (κ2) is 4.67. The van der Waals surface area contributed by atoms with Gasteiger partial charge in [-0.3, -0.25) is 0 Å². The molecule has 66 valence electrons. The highest BCUT2D eigenvalue weighted by molar-refractivity contribution is 14.1. The number of rotatable bonds is 3. The zero-order valence-corrected chi connectivity index (χ0v) is 9.04. The monoisotopic (exact) mass is 278 g/mol. The number of phenols is 1. The van der Waals surface area contributed by atoms with Gasteiger partial charge in [-0.25, -0.2) is 0 Å². The molecule has 0 spiro atoms. The lowest BCUT2D eigenvalue weighted by molar-refractivity contribution is 0.132. The molecule has 0 unspecified atom stereocenters. The SMILES string of the molecule is CCOCc1cc(I)ccc1O. The zero-order chi connectivity index (χ0) is 8.97. The summed E-state index contributed by atoms with van der Waals surface area (Å²) in [5.41, 5.74) is 0.851. The molecular weight excluding hydrogens is 267 g/mol. The van der Waals surface area contributed by atoms with Gasteiger partial charge in [-0.2, -0.15) is 0 Å². The van der Waals surface area contributed by atoms with Gasteiger partial charge in [0.05, 0.1) is 6.61 Å². The first kappa shape index (κ1) is 9.80. The normalized spacial score (nSPS) is 10.2. The van der Waals surface area contributed by atoms with Gasteiger partial charge in [-0.05, 0) is 47.7 Å². The second-order valence-electron chi connectivity index (χ2n) is 2.41. The van der Waals surface area contributed by atoms with Crippen molar-refractivity contribution in [3.05, 3.63) is 27.3 Å². The molecule has 0 bridgehead atoms. The van der Waals surface area contributed by atoms with Crippen LogP contribution in [0.25, 0.3) is 0 Å². The number of hydrogen-bond acceptors (Lipinski definition) is 2. The van der Waals surface area contributed by atoms with E-state index in [2.05, 4.69) is 22.6 Å². The molecule has 0 saturated heterocycles. The highest BCUT2D eigenvalue weighted by Gasteiger charge is 2.00. The van der Waals surface area contributed by atoms with Crippen molar-refractivity contribution < 1.29 is 9.84 Å². The highest BCUT2D eigenvalue weighted by Crippen LogP contribution is 2.20. The number of halogens is 1. The number of ether oxygens (including phenoxy) is 1. The Morgan fingerprint density at radius 1 is 1.50 bits per heavy atom. The summed E-state index contributed by atoms with van der Waals surface area (Å²) in [4.78, 5) is 0. The molecule has 1 N–H and O–H groups in total. The van der Waals surface area contributed by atoms with Gasteiger partial charge in [-0.1, -0.05) is 0 Å². The molecule has 1 rings (SSSR count). The predicted molar refractivity (Wildman–Crippen MR) is 56.2 cm³/mol. The van der Waals surface area contributed by atoms with Gasteiger partial charge in [0.15, 0.2) is 0 Å². The van der Waals surface area contributed by atoms with Gasteiger partial charge in [-0.15, -0.1) is 0 Å². The molecule has 0 atom stereocenters. The van der Waals surface area contributed by atoms with Gasteiger partial charge in [0.1, 0.15) is 5.75 Å². The van der Waals surface area contributed by atoms with Gasteiger partial charge in [0.2, 0.25) is 0 Å². The fourth-order valence-corrected chi connectivity index (χ4v) is 1.44. The first-order chi connectivity index (χ1) is 5.74. The lowest BCUT2D eigenvalue weighted by atomic mass is 10.2. The lowest BCUT2D eigenvalue weighted by Crippen LogP contribution is -1.92. The number of aromatic hydroxyl groups is 1. The van der Waals surface area contributed by atoms with E-state index in [1.54, 1.807) is 6.07 Å². The van der Waals surface area contributed by atoms with E-state index in [0.717, 1.165) is 9.13 Å². The molecule has 0 aliphatic carbocycles. The molecule has 0 radical (unpaired) electrons. The third kappa shape index (κ3) is 2.64. The summed E-state index contributed by atoms with van der Waals surface area (Å²) in [5, 5.41) is 9.38. The van der Waals surface area contributed by atoms with E-state index < -0.39 is 0 Å². The van der Waals surface area contributed by atoms with E-state index in [1.807, 2.05) is 19.1 Å². The Bertz CT molecular complexity index is 261. The van der Waals surface area contributed by atoms with Gasteiger partial charge >= 0.3 is 0 Å². The average molecular weight is 278 g/mol. The van der Waals surface area contributed by atoms with Gasteiger partial charge < -0.3 is 9.84 Å². The minimum Gasteiger partial charge on any atom is -0.508 e. The van der Waals surface area contributed by atoms with Crippen LogP contribution < -0.4 is 0 Å². The Hall–Kier alpha value is -0.290. The predicted octanol–water partition coefficient (Wildman–Crippen LogP) is 2.53. The van der Waals surface area contributed by atoms with Crippen LogP contribution in [-0.2, 0) is 11.3 Å². The van der Waals surface area contributed by atoms with Crippen LogP contribution in [-0.4, -0.2) is 11.7 Å². The summed E-state index contributed by atoms with van der Waals surface area (Å²) in [6.45, 7) is 3.09. The largest absolute Gasteiger partial charge is 0.508 e. The van der Waals surface area contributed by atoms with Crippen molar-refractivity contribution in [2.75, 3.05) is 6.61 Å². The number of benzene rings is 1. The molecule has 1 aromatic rings. The summed E-state index contributed by atoms with van der Waals surface area (Å²) in [6.07, 6.45) is 0. The van der Waals surface area contributed by atoms with Crippen LogP contribution in [0.1, 0.15) is 12.5 Å². The fourth-order valence-electron chi connectivity index (χ4n) is 0.882. The number of hydrogen-bond donors (Lipinski definition) is 1. The molecule has 0 aliphatic heterocycles. The molecular formula is C9H11IO2. The van der Waals surface area contributed by atoms with E-state index in [-0.39, 0.29) is 0 Å². The van der Waals surface area contributed by atoms with Crippen LogP contribution in [0.5, 0.6) is 5.75 Å². The Morgan fingerprint density at radius 2 is 2.25 bits per heavy atom. The van der Waals surface area contributed by atoms with Gasteiger partial charge in [0, 0.05) is 15.7 Å². The molecule has 0 amide bonds. The third-order valence-corrected chi connectivity index (χ3v) is 2.17. The second-order valence-corrected chi connectivity index (χ2v) is 3.66. The molecule has 3 heteroatoms. The maximum Gasteiger partial charge on any atom is 0.121 e. The zero-order valence-electron chi connectivity index (χ0n) is 6.88. The van der Waals surface area contributed by atoms with E-state index >= 15 is 0 Å². The Labute approximate surface area is 85.7 Å². The van der Waals surface area contributed by atoms with Crippen molar-refractivity contribution in [1.82, 2.24) is 0 Å². The maximum absolute atomic E-state index is 9.38. The van der Waals surface area contributed by atoms with Crippen molar-refractivity contribution in [2.24, 2.45) is 0 Å². The van der Waals surface area contributed by atoms with Crippen LogP contribution in [0.2, 0.25) is 0 Å². The molecule has 0 fully saturated rings. The van der Waals surface area contributed by atoms with Crippen LogP contribution >= 0.6 is 22.6 Å². The van der Waals surface area contributed by atoms with Gasteiger partial charge in [0.25, 0.3) is 0 Å². The van der Waals surface area contributed by atoms with E-state index in [1.165, 1.54) is 0 Å². The summed E-state index contributed by atoms with van der Waals surface area (Å²) in [6, 6.07) is 5.48. The highest BCUT2D eigenvalue weighted by atomic mass is 127. The third-order valence-electron chi connectivity index (χ3n) is 1.50. The van der Waals surface area contributed by atoms with E-state index in [4.69, 9.17) is 4.74 Å². The van der Waals surface area contributed by atoms with E-state index in [9.17, 15) is 5.11 Å². The minimum absolute atomic E-state index is 0.309. The summed E-state index contributed by atoms with van der Waals surface area (Å²) < 4.78 is 6.30. The average Bonchev–Trinajstić information content (AvgIpc) is 2.07. The minimum atomic E-state index is 0.309. The molecule has 0 saturated carbocycles. The van der Waals surface area contributed by atoms with Crippen molar-refractivity contribution in [1.29, 1.82) is 0 Å². The maximum atomic E-state index is 9.38. The van der Waals surface area contributed by atoms with Crippen LogP contribution in [0.4, 0.5) is 0 Å². The summed E-state index contributed by atoms with van der Waals surface area (Å²) in [5.74, 6) is 0.309. The Morgan fingerprint density at radius 3 is 2.92 bits per heavy atom. The molecule has 2 nitrogen and oxygen atoms in total. The van der Waals surface area contributed by atoms with E-state index in [0.29, 0.717) is 19.0 Å². The van der Waals surface area contributed by atoms with Crippen molar-refractivity contribution in [2.45, 2.75) is 13.5 Å². The number of phenolic OH excluding ortho intramolecular Hbond substituents is 1. The first-order valence-electron chi connectivity index (χ1n) is 3.79. The molecule has 0 aromatic heterocycles. The quantitative estimate of drug-likeness (QED) is 0.861. The standard InChI is InChI=1S/C9H11IO2/c1-2-12-6-7-5-8(10)3-4-9(7)11/h3-5,11H,2,6H2,1H3. The van der Waals surface area contributed by atoms with Crippen molar-refractivity contribution in [3.8, 4) is 5.75 Å². The van der Waals surface area contributed by atoms with Crippen LogP contribution in [0.3, 0.4) is 0 Å². The first-order valence-corrected chi connectivity index (χ1v) is 4.87. The van der Waals surface area contributed by atoms with Crippen molar-refractivity contribution >= 4 is 22.6 Å². The molecule has 0 aliphatic rings. The smallest absolute Gasteiger partial charge is 0.121 e. The summed E-state index contributed by atoms with van der Waals surface area (Å²) in [7, 11) is 0. The lowest BCUT2D eigenvalue weighted by Gasteiger charge is -2.04. The van der Waals surface area contributed by atoms with Crippen molar-refractivity contribution in [3.63, 3.8) is 0 Å². The Balaban J connectivity index is 2.75. The molecule has 12 heavy (non-hydrogen) atoms. The fraction of sp³-hybridized carbons (Fsp3) is 0.333. The molecule has 0 heterocycles. The molecule has 1 aromatic carbocycles.